The van der Waals surface area contributed by atoms with Crippen LogP contribution in [0.2, 0.25) is 0 Å². The van der Waals surface area contributed by atoms with Gasteiger partial charge >= 0.3 is 0 Å². The van der Waals surface area contributed by atoms with Gasteiger partial charge in [-0.05, 0) is 47.2 Å². The molecule has 0 amide bonds. The van der Waals surface area contributed by atoms with E-state index in [2.05, 4.69) is 47.2 Å². The molecule has 3 heteroatoms. The number of ether oxygens (including phenoxy) is 1. The molecule has 0 radical (unpaired) electrons. The maximum Gasteiger partial charge on any atom is 0.136 e. The summed E-state index contributed by atoms with van der Waals surface area (Å²) in [6.07, 6.45) is 0. The van der Waals surface area contributed by atoms with Gasteiger partial charge in [0.15, 0.2) is 0 Å². The molecule has 0 unspecified atom stereocenters. The van der Waals surface area contributed by atoms with Crippen LogP contribution in [0.3, 0.4) is 0 Å². The van der Waals surface area contributed by atoms with Crippen molar-refractivity contribution in [1.82, 2.24) is 0 Å². The Hall–Kier alpha value is -2.36. The predicted molar refractivity (Wildman–Crippen MR) is 99.6 cm³/mol. The van der Waals surface area contributed by atoms with E-state index in [4.69, 9.17) is 4.74 Å². The Balaban J connectivity index is 1.76. The normalized spacial score (nSPS) is 10.6. The lowest BCUT2D eigenvalue weighted by molar-refractivity contribution is 0.486. The minimum absolute atomic E-state index is 0.888. The number of rotatable bonds is 4. The predicted octanol–water partition coefficient (Wildman–Crippen LogP) is 6.94. The highest BCUT2D eigenvalue weighted by Gasteiger charge is 2.11. The van der Waals surface area contributed by atoms with Gasteiger partial charge in [0.05, 0.1) is 0 Å². The van der Waals surface area contributed by atoms with Gasteiger partial charge in [0.1, 0.15) is 11.5 Å². The highest BCUT2D eigenvalue weighted by molar-refractivity contribution is 7.13. The van der Waals surface area contributed by atoms with Crippen LogP contribution in [0.1, 0.15) is 0 Å². The molecule has 0 fully saturated rings. The van der Waals surface area contributed by atoms with Crippen molar-refractivity contribution >= 4 is 22.7 Å². The van der Waals surface area contributed by atoms with Crippen molar-refractivity contribution in [2.24, 2.45) is 0 Å². The molecule has 0 aliphatic rings. The molecule has 23 heavy (non-hydrogen) atoms. The Morgan fingerprint density at radius 2 is 1.00 bits per heavy atom. The molecule has 2 aromatic heterocycles. The number of thiophene rings is 2. The lowest BCUT2D eigenvalue weighted by Crippen LogP contribution is -1.89. The van der Waals surface area contributed by atoms with Crippen molar-refractivity contribution in [3.05, 3.63) is 83.6 Å². The van der Waals surface area contributed by atoms with E-state index >= 15 is 0 Å². The molecule has 0 aliphatic carbocycles. The maximum absolute atomic E-state index is 6.30. The molecule has 112 valence electrons. The van der Waals surface area contributed by atoms with E-state index in [1.54, 1.807) is 22.7 Å². The second kappa shape index (κ2) is 6.41. The fraction of sp³-hybridized carbons (Fsp3) is 0. The van der Waals surface area contributed by atoms with Crippen LogP contribution in [0.4, 0.5) is 0 Å². The monoisotopic (exact) mass is 334 g/mol. The zero-order chi connectivity index (χ0) is 15.5. The van der Waals surface area contributed by atoms with E-state index in [1.807, 2.05) is 36.4 Å². The van der Waals surface area contributed by atoms with Gasteiger partial charge in [-0.25, -0.2) is 0 Å². The standard InChI is InChI=1S/C20H14OS2/c1-3-9-17(15(7-1)19-11-5-13-22-19)21-18-10-4-2-8-16(18)20-12-6-14-23-20/h1-14H. The first-order valence-corrected chi connectivity index (χ1v) is 9.11. The molecular formula is C20H14OS2. The van der Waals surface area contributed by atoms with Gasteiger partial charge < -0.3 is 4.74 Å². The summed E-state index contributed by atoms with van der Waals surface area (Å²) >= 11 is 3.45. The van der Waals surface area contributed by atoms with Crippen LogP contribution in [0.15, 0.2) is 83.6 Å². The first kappa shape index (κ1) is 14.2. The average molecular weight is 334 g/mol. The summed E-state index contributed by atoms with van der Waals surface area (Å²) in [5, 5.41) is 4.18. The molecule has 0 N–H and O–H groups in total. The zero-order valence-electron chi connectivity index (χ0n) is 12.3. The molecule has 0 saturated heterocycles. The van der Waals surface area contributed by atoms with Gasteiger partial charge in [-0.15, -0.1) is 22.7 Å². The minimum Gasteiger partial charge on any atom is -0.456 e. The van der Waals surface area contributed by atoms with Crippen LogP contribution in [0, 0.1) is 0 Å². The summed E-state index contributed by atoms with van der Waals surface area (Å²) in [6.45, 7) is 0. The smallest absolute Gasteiger partial charge is 0.136 e. The third kappa shape index (κ3) is 2.93. The van der Waals surface area contributed by atoms with Crippen molar-refractivity contribution in [3.63, 3.8) is 0 Å². The maximum atomic E-state index is 6.30. The van der Waals surface area contributed by atoms with E-state index in [-0.39, 0.29) is 0 Å². The summed E-state index contributed by atoms with van der Waals surface area (Å²) in [4.78, 5) is 2.43. The third-order valence-corrected chi connectivity index (χ3v) is 5.37. The van der Waals surface area contributed by atoms with Crippen LogP contribution in [0.25, 0.3) is 20.9 Å². The Labute approximate surface area is 143 Å². The van der Waals surface area contributed by atoms with Crippen molar-refractivity contribution in [3.8, 4) is 32.4 Å². The average Bonchev–Trinajstić information content (AvgIpc) is 3.30. The summed E-state index contributed by atoms with van der Waals surface area (Å²) in [6, 6.07) is 24.8. The van der Waals surface area contributed by atoms with Gasteiger partial charge in [0.25, 0.3) is 0 Å². The lowest BCUT2D eigenvalue weighted by Gasteiger charge is -2.13. The second-order valence-corrected chi connectivity index (χ2v) is 6.94. The van der Waals surface area contributed by atoms with E-state index < -0.39 is 0 Å². The minimum atomic E-state index is 0.888. The third-order valence-electron chi connectivity index (χ3n) is 3.57. The first-order chi connectivity index (χ1) is 11.4. The zero-order valence-corrected chi connectivity index (χ0v) is 13.9. The lowest BCUT2D eigenvalue weighted by atomic mass is 10.1. The molecular weight excluding hydrogens is 320 g/mol. The number of hydrogen-bond acceptors (Lipinski definition) is 3. The van der Waals surface area contributed by atoms with Crippen molar-refractivity contribution in [1.29, 1.82) is 0 Å². The van der Waals surface area contributed by atoms with Gasteiger partial charge in [0.2, 0.25) is 0 Å². The van der Waals surface area contributed by atoms with Gasteiger partial charge in [-0.1, -0.05) is 36.4 Å². The summed E-state index contributed by atoms with van der Waals surface area (Å²) in [5.41, 5.74) is 2.26. The Morgan fingerprint density at radius 1 is 0.522 bits per heavy atom. The fourth-order valence-electron chi connectivity index (χ4n) is 2.50. The summed E-state index contributed by atoms with van der Waals surface area (Å²) in [5.74, 6) is 1.78. The molecule has 0 bridgehead atoms. The molecule has 0 saturated carbocycles. The molecule has 4 aromatic rings. The molecule has 0 aliphatic heterocycles. The molecule has 1 nitrogen and oxygen atoms in total. The summed E-state index contributed by atoms with van der Waals surface area (Å²) < 4.78 is 6.30. The van der Waals surface area contributed by atoms with Crippen LogP contribution >= 0.6 is 22.7 Å². The van der Waals surface area contributed by atoms with Gasteiger partial charge in [-0.2, -0.15) is 0 Å². The molecule has 2 aromatic carbocycles. The number of hydrogen-bond donors (Lipinski definition) is 0. The number of para-hydroxylation sites is 2. The molecule has 0 spiro atoms. The Bertz CT molecular complexity index is 817. The van der Waals surface area contributed by atoms with Crippen molar-refractivity contribution in [2.75, 3.05) is 0 Å². The van der Waals surface area contributed by atoms with Crippen LogP contribution in [-0.4, -0.2) is 0 Å². The summed E-state index contributed by atoms with van der Waals surface area (Å²) in [7, 11) is 0. The highest BCUT2D eigenvalue weighted by Crippen LogP contribution is 2.39. The van der Waals surface area contributed by atoms with Gasteiger partial charge in [0, 0.05) is 20.9 Å². The molecule has 0 atom stereocenters. The Morgan fingerprint density at radius 3 is 1.43 bits per heavy atom. The fourth-order valence-corrected chi connectivity index (χ4v) is 4.01. The van der Waals surface area contributed by atoms with E-state index in [9.17, 15) is 0 Å². The number of benzene rings is 2. The van der Waals surface area contributed by atoms with E-state index in [0.717, 1.165) is 22.6 Å². The quantitative estimate of drug-likeness (QED) is 0.393. The largest absolute Gasteiger partial charge is 0.456 e. The second-order valence-electron chi connectivity index (χ2n) is 5.05. The first-order valence-electron chi connectivity index (χ1n) is 7.35. The van der Waals surface area contributed by atoms with Crippen molar-refractivity contribution < 1.29 is 4.74 Å². The van der Waals surface area contributed by atoms with Crippen LogP contribution in [-0.2, 0) is 0 Å². The topological polar surface area (TPSA) is 9.23 Å². The van der Waals surface area contributed by atoms with E-state index in [1.165, 1.54) is 9.75 Å². The van der Waals surface area contributed by atoms with Gasteiger partial charge in [-0.3, -0.25) is 0 Å². The Kier molecular flexibility index (Phi) is 3.97. The van der Waals surface area contributed by atoms with E-state index in [0.29, 0.717) is 0 Å². The molecule has 4 rings (SSSR count). The SMILES string of the molecule is c1csc(-c2ccccc2Oc2ccccc2-c2cccs2)c1. The van der Waals surface area contributed by atoms with Crippen LogP contribution in [0.5, 0.6) is 11.5 Å². The van der Waals surface area contributed by atoms with Crippen LogP contribution < -0.4 is 4.74 Å². The van der Waals surface area contributed by atoms with Crippen molar-refractivity contribution in [2.45, 2.75) is 0 Å². The highest BCUT2D eigenvalue weighted by atomic mass is 32.1. The molecule has 2 heterocycles.